The Morgan fingerprint density at radius 1 is 1.19 bits per heavy atom. The van der Waals surface area contributed by atoms with Crippen molar-refractivity contribution in [2.24, 2.45) is 11.7 Å². The number of benzene rings is 1. The van der Waals surface area contributed by atoms with E-state index < -0.39 is 0 Å². The van der Waals surface area contributed by atoms with Crippen LogP contribution < -0.4 is 16.4 Å². The van der Waals surface area contributed by atoms with Crippen LogP contribution in [0.2, 0.25) is 0 Å². The van der Waals surface area contributed by atoms with Crippen LogP contribution in [0.3, 0.4) is 0 Å². The predicted molar refractivity (Wildman–Crippen MR) is 86.2 cm³/mol. The van der Waals surface area contributed by atoms with Gasteiger partial charge in [0.25, 0.3) is 0 Å². The Morgan fingerprint density at radius 3 is 2.52 bits per heavy atom. The number of aryl methyl sites for hydroxylation is 1. The summed E-state index contributed by atoms with van der Waals surface area (Å²) in [5.41, 5.74) is 7.76. The van der Waals surface area contributed by atoms with Gasteiger partial charge in [-0.15, -0.1) is 0 Å². The van der Waals surface area contributed by atoms with Gasteiger partial charge in [0.15, 0.2) is 0 Å². The molecule has 0 radical (unpaired) electrons. The molecule has 4 N–H and O–H groups in total. The van der Waals surface area contributed by atoms with Crippen molar-refractivity contribution in [2.45, 2.75) is 40.0 Å². The lowest BCUT2D eigenvalue weighted by molar-refractivity contribution is -0.117. The Hall–Kier alpha value is -1.88. The van der Waals surface area contributed by atoms with Crippen LogP contribution in [0.25, 0.3) is 0 Å². The number of nitrogens with two attached hydrogens (primary N) is 1. The summed E-state index contributed by atoms with van der Waals surface area (Å²) in [4.78, 5) is 23.5. The molecule has 1 rings (SSSR count). The monoisotopic (exact) mass is 291 g/mol. The van der Waals surface area contributed by atoms with E-state index in [9.17, 15) is 9.59 Å². The van der Waals surface area contributed by atoms with Gasteiger partial charge in [0.2, 0.25) is 11.8 Å². The molecule has 0 unspecified atom stereocenters. The highest BCUT2D eigenvalue weighted by Crippen LogP contribution is 2.21. The molecule has 116 valence electrons. The van der Waals surface area contributed by atoms with Gasteiger partial charge in [0.05, 0.1) is 0 Å². The third-order valence-electron chi connectivity index (χ3n) is 3.00. The minimum atomic E-state index is -0.0609. The van der Waals surface area contributed by atoms with E-state index in [0.29, 0.717) is 37.4 Å². The Labute approximate surface area is 126 Å². The molecule has 0 aliphatic carbocycles. The lowest BCUT2D eigenvalue weighted by Crippen LogP contribution is -2.16. The first kappa shape index (κ1) is 17.2. The number of hydrogen-bond acceptors (Lipinski definition) is 3. The number of carbonyl (C=O) groups excluding carboxylic acids is 2. The van der Waals surface area contributed by atoms with Crippen LogP contribution in [0, 0.1) is 12.8 Å². The maximum absolute atomic E-state index is 11.8. The van der Waals surface area contributed by atoms with E-state index in [-0.39, 0.29) is 11.8 Å². The fourth-order valence-corrected chi connectivity index (χ4v) is 1.89. The van der Waals surface area contributed by atoms with Crippen LogP contribution >= 0.6 is 0 Å². The molecule has 0 saturated heterocycles. The molecule has 5 nitrogen and oxygen atoms in total. The van der Waals surface area contributed by atoms with Crippen molar-refractivity contribution in [2.75, 3.05) is 17.2 Å². The van der Waals surface area contributed by atoms with Crippen molar-refractivity contribution < 1.29 is 9.59 Å². The van der Waals surface area contributed by atoms with Crippen LogP contribution in [0.5, 0.6) is 0 Å². The van der Waals surface area contributed by atoms with Gasteiger partial charge in [-0.2, -0.15) is 0 Å². The molecule has 0 aliphatic heterocycles. The van der Waals surface area contributed by atoms with Crippen LogP contribution in [0.4, 0.5) is 11.4 Å². The fraction of sp³-hybridized carbons (Fsp3) is 0.500. The molecule has 0 saturated carbocycles. The normalized spacial score (nSPS) is 10.5. The van der Waals surface area contributed by atoms with Crippen LogP contribution in [-0.4, -0.2) is 18.4 Å². The average molecular weight is 291 g/mol. The smallest absolute Gasteiger partial charge is 0.224 e. The van der Waals surface area contributed by atoms with Crippen molar-refractivity contribution in [1.29, 1.82) is 0 Å². The highest BCUT2D eigenvalue weighted by Gasteiger charge is 2.08. The number of nitrogens with one attached hydrogen (secondary N) is 2. The highest BCUT2D eigenvalue weighted by atomic mass is 16.2. The topological polar surface area (TPSA) is 84.2 Å². The molecule has 1 aromatic rings. The summed E-state index contributed by atoms with van der Waals surface area (Å²) in [6.45, 7) is 6.41. The van der Waals surface area contributed by atoms with E-state index in [4.69, 9.17) is 5.73 Å². The van der Waals surface area contributed by atoms with Crippen LogP contribution in [0.1, 0.15) is 38.7 Å². The SMILES string of the molecule is Cc1ccc(NC(=O)CC(C)C)cc1NC(=O)CCCN. The molecule has 0 aliphatic rings. The lowest BCUT2D eigenvalue weighted by atomic mass is 10.1. The van der Waals surface area contributed by atoms with E-state index in [1.807, 2.05) is 32.9 Å². The summed E-state index contributed by atoms with van der Waals surface area (Å²) in [6, 6.07) is 5.50. The second kappa shape index (κ2) is 8.42. The zero-order valence-corrected chi connectivity index (χ0v) is 13.0. The molecule has 1 aromatic carbocycles. The van der Waals surface area contributed by atoms with Crippen molar-refractivity contribution >= 4 is 23.2 Å². The first-order chi connectivity index (χ1) is 9.92. The minimum Gasteiger partial charge on any atom is -0.330 e. The van der Waals surface area contributed by atoms with E-state index in [0.717, 1.165) is 11.3 Å². The Balaban J connectivity index is 2.71. The third-order valence-corrected chi connectivity index (χ3v) is 3.00. The first-order valence-corrected chi connectivity index (χ1v) is 7.32. The molecule has 5 heteroatoms. The number of anilines is 2. The Kier molecular flexibility index (Phi) is 6.88. The first-order valence-electron chi connectivity index (χ1n) is 7.32. The highest BCUT2D eigenvalue weighted by molar-refractivity contribution is 5.94. The molecule has 0 spiro atoms. The second-order valence-corrected chi connectivity index (χ2v) is 5.62. The van der Waals surface area contributed by atoms with Crippen LogP contribution in [-0.2, 0) is 9.59 Å². The molecule has 2 amide bonds. The second-order valence-electron chi connectivity index (χ2n) is 5.62. The Morgan fingerprint density at radius 2 is 1.90 bits per heavy atom. The van der Waals surface area contributed by atoms with Crippen molar-refractivity contribution in [3.8, 4) is 0 Å². The summed E-state index contributed by atoms with van der Waals surface area (Å²) in [5.74, 6) is 0.231. The van der Waals surface area contributed by atoms with Gasteiger partial charge >= 0.3 is 0 Å². The van der Waals surface area contributed by atoms with Gasteiger partial charge in [-0.05, 0) is 43.5 Å². The van der Waals surface area contributed by atoms with E-state index in [1.54, 1.807) is 6.07 Å². The maximum atomic E-state index is 11.8. The van der Waals surface area contributed by atoms with Gasteiger partial charge in [0, 0.05) is 24.2 Å². The minimum absolute atomic E-state index is 0.0192. The zero-order valence-electron chi connectivity index (χ0n) is 13.0. The predicted octanol–water partition coefficient (Wildman–Crippen LogP) is 2.66. The maximum Gasteiger partial charge on any atom is 0.224 e. The lowest BCUT2D eigenvalue weighted by Gasteiger charge is -2.12. The fourth-order valence-electron chi connectivity index (χ4n) is 1.89. The number of carbonyl (C=O) groups is 2. The van der Waals surface area contributed by atoms with Crippen molar-refractivity contribution in [3.63, 3.8) is 0 Å². The van der Waals surface area contributed by atoms with Gasteiger partial charge in [-0.3, -0.25) is 9.59 Å². The van der Waals surface area contributed by atoms with E-state index in [2.05, 4.69) is 10.6 Å². The third kappa shape index (κ3) is 6.40. The standard InChI is InChI=1S/C16H25N3O2/c1-11(2)9-16(21)18-13-7-6-12(3)14(10-13)19-15(20)5-4-8-17/h6-7,10-11H,4-5,8-9,17H2,1-3H3,(H,18,21)(H,19,20). The zero-order chi connectivity index (χ0) is 15.8. The van der Waals surface area contributed by atoms with Gasteiger partial charge < -0.3 is 16.4 Å². The molecular formula is C16H25N3O2. The molecule has 0 fully saturated rings. The quantitative estimate of drug-likeness (QED) is 0.722. The van der Waals surface area contributed by atoms with E-state index in [1.165, 1.54) is 0 Å². The van der Waals surface area contributed by atoms with Crippen molar-refractivity contribution in [3.05, 3.63) is 23.8 Å². The number of amides is 2. The molecule has 0 heterocycles. The van der Waals surface area contributed by atoms with Gasteiger partial charge in [-0.25, -0.2) is 0 Å². The Bertz CT molecular complexity index is 498. The molecule has 21 heavy (non-hydrogen) atoms. The van der Waals surface area contributed by atoms with Crippen LogP contribution in [0.15, 0.2) is 18.2 Å². The molecule has 0 aromatic heterocycles. The van der Waals surface area contributed by atoms with Crippen molar-refractivity contribution in [1.82, 2.24) is 0 Å². The number of rotatable bonds is 7. The summed E-state index contributed by atoms with van der Waals surface area (Å²) >= 11 is 0. The summed E-state index contributed by atoms with van der Waals surface area (Å²) < 4.78 is 0. The summed E-state index contributed by atoms with van der Waals surface area (Å²) in [6.07, 6.45) is 1.54. The summed E-state index contributed by atoms with van der Waals surface area (Å²) in [5, 5.41) is 5.70. The average Bonchev–Trinajstić information content (AvgIpc) is 2.39. The van der Waals surface area contributed by atoms with Gasteiger partial charge in [0.1, 0.15) is 0 Å². The van der Waals surface area contributed by atoms with E-state index >= 15 is 0 Å². The summed E-state index contributed by atoms with van der Waals surface area (Å²) in [7, 11) is 0. The molecule has 0 atom stereocenters. The molecular weight excluding hydrogens is 266 g/mol. The van der Waals surface area contributed by atoms with Gasteiger partial charge in [-0.1, -0.05) is 19.9 Å². The molecule has 0 bridgehead atoms. The largest absolute Gasteiger partial charge is 0.330 e. The number of hydrogen-bond donors (Lipinski definition) is 3.